The Labute approximate surface area is 104 Å². The van der Waals surface area contributed by atoms with E-state index >= 15 is 0 Å². The fourth-order valence-corrected chi connectivity index (χ4v) is 2.50. The van der Waals surface area contributed by atoms with Crippen LogP contribution in [0, 0.1) is 0 Å². The van der Waals surface area contributed by atoms with Gasteiger partial charge >= 0.3 is 5.97 Å². The molecule has 0 fully saturated rings. The van der Waals surface area contributed by atoms with Gasteiger partial charge in [-0.1, -0.05) is 0 Å². The lowest BCUT2D eigenvalue weighted by Crippen LogP contribution is -2.38. The smallest absolute Gasteiger partial charge is 0.322 e. The number of aliphatic hydroxyl groups excluding tert-OH is 1. The van der Waals surface area contributed by atoms with E-state index in [9.17, 15) is 14.7 Å². The van der Waals surface area contributed by atoms with Crippen molar-refractivity contribution in [2.45, 2.75) is 51.8 Å². The number of hydrogen-bond donors (Lipinski definition) is 1. The molecule has 0 aliphatic rings. The summed E-state index contributed by atoms with van der Waals surface area (Å²) in [5.74, 6) is -1.29. The van der Waals surface area contributed by atoms with Crippen LogP contribution in [0.3, 0.4) is 0 Å². The number of aliphatic hydroxyl groups is 1. The minimum absolute atomic E-state index is 0.340. The third-order valence-electron chi connectivity index (χ3n) is 1.46. The van der Waals surface area contributed by atoms with Gasteiger partial charge in [0.05, 0.1) is 6.42 Å². The molecule has 5 nitrogen and oxygen atoms in total. The molecular weight excluding hydrogens is 256 g/mol. The van der Waals surface area contributed by atoms with Crippen molar-refractivity contribution in [3.63, 3.8) is 0 Å². The van der Waals surface area contributed by atoms with E-state index in [-0.39, 0.29) is 6.42 Å². The highest BCUT2D eigenvalue weighted by Gasteiger charge is 2.29. The molecule has 0 bridgehead atoms. The third kappa shape index (κ3) is 9.07. The summed E-state index contributed by atoms with van der Waals surface area (Å²) in [7, 11) is -4.01. The van der Waals surface area contributed by atoms with E-state index in [4.69, 9.17) is 8.85 Å². The molecule has 1 N–H and O–H groups in total. The first-order valence-electron chi connectivity index (χ1n) is 5.53. The minimum Gasteiger partial charge on any atom is -0.520 e. The molecule has 7 heteroatoms. The van der Waals surface area contributed by atoms with Gasteiger partial charge in [-0.25, -0.2) is 0 Å². The third-order valence-corrected chi connectivity index (χ3v) is 3.11. The first-order valence-corrected chi connectivity index (χ1v) is 12.3. The Balaban J connectivity index is 4.22. The van der Waals surface area contributed by atoms with Gasteiger partial charge in [0, 0.05) is 0 Å². The monoisotopic (exact) mass is 278 g/mol. The van der Waals surface area contributed by atoms with Crippen LogP contribution in [-0.2, 0) is 18.4 Å². The molecule has 0 saturated heterocycles. The molecule has 0 aliphatic carbocycles. The summed E-state index contributed by atoms with van der Waals surface area (Å²) in [5.41, 5.74) is 0. The van der Waals surface area contributed by atoms with Crippen molar-refractivity contribution in [1.82, 2.24) is 0 Å². The summed E-state index contributed by atoms with van der Waals surface area (Å²) in [6, 6.07) is 0. The summed E-state index contributed by atoms with van der Waals surface area (Å²) in [4.78, 5) is 22.8. The van der Waals surface area contributed by atoms with E-state index in [0.717, 1.165) is 0 Å². The van der Waals surface area contributed by atoms with Crippen LogP contribution in [0.15, 0.2) is 0 Å². The SMILES string of the molecule is C[Si](C)(C)OC(=O)CC(O)C(=O)O[Si](C)(C)C. The van der Waals surface area contributed by atoms with Crippen LogP contribution in [0.4, 0.5) is 0 Å². The normalized spacial score (nSPS) is 14.1. The molecule has 100 valence electrons. The summed E-state index contributed by atoms with van der Waals surface area (Å²) in [6.45, 7) is 11.1. The van der Waals surface area contributed by atoms with Gasteiger partial charge in [0.25, 0.3) is 5.97 Å². The molecule has 0 aromatic rings. The van der Waals surface area contributed by atoms with Gasteiger partial charge in [0.2, 0.25) is 16.6 Å². The zero-order valence-corrected chi connectivity index (χ0v) is 13.4. The average molecular weight is 278 g/mol. The number of hydrogen-bond acceptors (Lipinski definition) is 5. The maximum Gasteiger partial charge on any atom is 0.322 e. The second-order valence-electron chi connectivity index (χ2n) is 5.84. The Hall–Kier alpha value is -0.666. The molecule has 0 amide bonds. The van der Waals surface area contributed by atoms with Gasteiger partial charge in [-0.2, -0.15) is 0 Å². The molecule has 0 saturated carbocycles. The Kier molecular flexibility index (Phi) is 5.56. The van der Waals surface area contributed by atoms with Gasteiger partial charge in [-0.05, 0) is 39.3 Å². The summed E-state index contributed by atoms with van der Waals surface area (Å²) in [6.07, 6.45) is -1.77. The van der Waals surface area contributed by atoms with Crippen LogP contribution in [0.25, 0.3) is 0 Å². The van der Waals surface area contributed by atoms with Gasteiger partial charge in [-0.3, -0.25) is 9.59 Å². The van der Waals surface area contributed by atoms with Crippen LogP contribution in [0.1, 0.15) is 6.42 Å². The molecule has 1 atom stereocenters. The summed E-state index contributed by atoms with van der Waals surface area (Å²) >= 11 is 0. The van der Waals surface area contributed by atoms with Gasteiger partial charge in [-0.15, -0.1) is 0 Å². The molecule has 0 spiro atoms. The maximum absolute atomic E-state index is 11.4. The molecule has 1 unspecified atom stereocenters. The lowest BCUT2D eigenvalue weighted by molar-refractivity contribution is -0.150. The molecule has 0 aromatic carbocycles. The van der Waals surface area contributed by atoms with Crippen molar-refractivity contribution < 1.29 is 23.5 Å². The molecule has 0 heterocycles. The van der Waals surface area contributed by atoms with Crippen molar-refractivity contribution in [3.05, 3.63) is 0 Å². The van der Waals surface area contributed by atoms with E-state index in [1.807, 2.05) is 39.3 Å². The van der Waals surface area contributed by atoms with Crippen LogP contribution < -0.4 is 0 Å². The molecular formula is C10H22O5Si2. The number of carbonyl (C=O) groups excluding carboxylic acids is 2. The molecule has 0 radical (unpaired) electrons. The van der Waals surface area contributed by atoms with Crippen LogP contribution in [-0.4, -0.2) is 39.8 Å². The van der Waals surface area contributed by atoms with Crippen molar-refractivity contribution in [1.29, 1.82) is 0 Å². The minimum atomic E-state index is -2.03. The standard InChI is InChI=1S/C10H22O5Si2/c1-16(2,3)14-9(12)7-8(11)10(13)15-17(4,5)6/h8,11H,7H2,1-6H3. The van der Waals surface area contributed by atoms with Crippen molar-refractivity contribution in [2.24, 2.45) is 0 Å². The van der Waals surface area contributed by atoms with Crippen molar-refractivity contribution in [2.75, 3.05) is 0 Å². The zero-order chi connectivity index (χ0) is 13.9. The highest BCUT2D eigenvalue weighted by Crippen LogP contribution is 2.09. The zero-order valence-electron chi connectivity index (χ0n) is 11.4. The fraction of sp³-hybridized carbons (Fsp3) is 0.800. The van der Waals surface area contributed by atoms with E-state index in [1.165, 1.54) is 0 Å². The predicted molar refractivity (Wildman–Crippen MR) is 69.5 cm³/mol. The van der Waals surface area contributed by atoms with E-state index < -0.39 is 34.7 Å². The average Bonchev–Trinajstić information content (AvgIpc) is 1.95. The molecule has 17 heavy (non-hydrogen) atoms. The molecule has 0 aliphatic heterocycles. The van der Waals surface area contributed by atoms with E-state index in [1.54, 1.807) is 0 Å². The first kappa shape index (κ1) is 16.3. The Bertz CT molecular complexity index is 290. The Morgan fingerprint density at radius 1 is 1.00 bits per heavy atom. The van der Waals surface area contributed by atoms with Crippen molar-refractivity contribution >= 4 is 28.6 Å². The number of carbonyl (C=O) groups is 2. The van der Waals surface area contributed by atoms with Crippen LogP contribution in [0.2, 0.25) is 39.3 Å². The predicted octanol–water partition coefficient (Wildman–Crippen LogP) is 1.49. The van der Waals surface area contributed by atoms with Crippen LogP contribution in [0.5, 0.6) is 0 Å². The molecule has 0 aromatic heterocycles. The number of rotatable bonds is 5. The lowest BCUT2D eigenvalue weighted by atomic mass is 10.3. The van der Waals surface area contributed by atoms with Gasteiger partial charge < -0.3 is 14.0 Å². The van der Waals surface area contributed by atoms with E-state index in [2.05, 4.69) is 0 Å². The van der Waals surface area contributed by atoms with E-state index in [0.29, 0.717) is 0 Å². The van der Waals surface area contributed by atoms with Crippen LogP contribution >= 0.6 is 0 Å². The topological polar surface area (TPSA) is 72.8 Å². The Morgan fingerprint density at radius 2 is 1.41 bits per heavy atom. The second-order valence-corrected chi connectivity index (χ2v) is 14.7. The second kappa shape index (κ2) is 5.79. The Morgan fingerprint density at radius 3 is 1.76 bits per heavy atom. The maximum atomic E-state index is 11.4. The van der Waals surface area contributed by atoms with Gasteiger partial charge in [0.1, 0.15) is 0 Å². The quantitative estimate of drug-likeness (QED) is 0.771. The van der Waals surface area contributed by atoms with Gasteiger partial charge in [0.15, 0.2) is 6.10 Å². The molecule has 0 rings (SSSR count). The highest BCUT2D eigenvalue weighted by molar-refractivity contribution is 6.71. The lowest BCUT2D eigenvalue weighted by Gasteiger charge is -2.21. The summed E-state index contributed by atoms with van der Waals surface area (Å²) in [5, 5.41) is 9.51. The van der Waals surface area contributed by atoms with Crippen molar-refractivity contribution in [3.8, 4) is 0 Å². The summed E-state index contributed by atoms with van der Waals surface area (Å²) < 4.78 is 10.2. The fourth-order valence-electron chi connectivity index (χ4n) is 0.994. The highest BCUT2D eigenvalue weighted by atomic mass is 28.4. The largest absolute Gasteiger partial charge is 0.520 e. The first-order chi connectivity index (χ1) is 7.41.